The summed E-state index contributed by atoms with van der Waals surface area (Å²) in [5, 5.41) is 5.07. The smallest absolute Gasteiger partial charge is 0.257 e. The van der Waals surface area contributed by atoms with Gasteiger partial charge in [-0.15, -0.1) is 17.9 Å². The van der Waals surface area contributed by atoms with Crippen LogP contribution in [0.1, 0.15) is 21.5 Å². The predicted octanol–water partition coefficient (Wildman–Crippen LogP) is 4.14. The van der Waals surface area contributed by atoms with E-state index in [0.29, 0.717) is 5.13 Å². The average molecular weight is 428 g/mol. The lowest BCUT2D eigenvalue weighted by Gasteiger charge is -2.07. The average Bonchev–Trinajstić information content (AvgIpc) is 3.14. The second-order valence-corrected chi connectivity index (χ2v) is 9.10. The number of rotatable bonds is 7. The fourth-order valence-corrected chi connectivity index (χ4v) is 4.53. The first-order valence-corrected chi connectivity index (χ1v) is 11.2. The van der Waals surface area contributed by atoms with Gasteiger partial charge in [-0.25, -0.2) is 18.1 Å². The third-order valence-corrected chi connectivity index (χ3v) is 6.39. The molecule has 0 aliphatic rings. The van der Waals surface area contributed by atoms with Crippen molar-refractivity contribution >= 4 is 32.4 Å². The van der Waals surface area contributed by atoms with E-state index in [1.165, 1.54) is 41.2 Å². The summed E-state index contributed by atoms with van der Waals surface area (Å²) in [5.74, 6) is -0.424. The van der Waals surface area contributed by atoms with Gasteiger partial charge in [0.05, 0.1) is 10.6 Å². The Kier molecular flexibility index (Phi) is 6.26. The van der Waals surface area contributed by atoms with Crippen molar-refractivity contribution in [3.8, 4) is 11.3 Å². The number of amides is 1. The van der Waals surface area contributed by atoms with Crippen LogP contribution >= 0.6 is 11.3 Å². The van der Waals surface area contributed by atoms with E-state index in [1.807, 2.05) is 31.4 Å². The molecule has 29 heavy (non-hydrogen) atoms. The highest BCUT2D eigenvalue weighted by atomic mass is 32.2. The maximum absolute atomic E-state index is 12.6. The molecule has 0 unspecified atom stereocenters. The van der Waals surface area contributed by atoms with Crippen molar-refractivity contribution in [2.45, 2.75) is 18.7 Å². The molecule has 2 aromatic carbocycles. The van der Waals surface area contributed by atoms with Crippen LogP contribution in [0.3, 0.4) is 0 Å². The molecular weight excluding hydrogens is 406 g/mol. The van der Waals surface area contributed by atoms with E-state index in [1.54, 1.807) is 6.07 Å². The number of nitrogens with one attached hydrogen (secondary N) is 2. The molecular formula is C21H21N3O3S2. The maximum Gasteiger partial charge on any atom is 0.257 e. The van der Waals surface area contributed by atoms with Gasteiger partial charge in [-0.2, -0.15) is 0 Å². The molecule has 6 nitrogen and oxygen atoms in total. The number of benzene rings is 2. The summed E-state index contributed by atoms with van der Waals surface area (Å²) in [6, 6.07) is 12.0. The monoisotopic (exact) mass is 427 g/mol. The number of thiazole rings is 1. The maximum atomic E-state index is 12.6. The molecule has 0 aliphatic carbocycles. The number of hydrogen-bond acceptors (Lipinski definition) is 5. The number of carbonyl (C=O) groups excluding carboxylic acids is 1. The van der Waals surface area contributed by atoms with Crippen molar-refractivity contribution in [2.75, 3.05) is 11.9 Å². The molecule has 1 heterocycles. The van der Waals surface area contributed by atoms with Crippen molar-refractivity contribution < 1.29 is 13.2 Å². The molecule has 0 saturated heterocycles. The van der Waals surface area contributed by atoms with Gasteiger partial charge in [0.2, 0.25) is 10.0 Å². The van der Waals surface area contributed by atoms with Gasteiger partial charge >= 0.3 is 0 Å². The Morgan fingerprint density at radius 3 is 2.72 bits per heavy atom. The van der Waals surface area contributed by atoms with Gasteiger partial charge < -0.3 is 0 Å². The molecule has 0 atom stereocenters. The summed E-state index contributed by atoms with van der Waals surface area (Å²) in [7, 11) is -3.71. The van der Waals surface area contributed by atoms with Gasteiger partial charge in [-0.3, -0.25) is 10.1 Å². The molecule has 3 aromatic rings. The number of aryl methyl sites for hydroxylation is 2. The van der Waals surface area contributed by atoms with Crippen LogP contribution in [0.5, 0.6) is 0 Å². The van der Waals surface area contributed by atoms with Crippen LogP contribution < -0.4 is 10.0 Å². The van der Waals surface area contributed by atoms with Crippen LogP contribution in [0.2, 0.25) is 0 Å². The summed E-state index contributed by atoms with van der Waals surface area (Å²) in [5.41, 5.74) is 4.31. The number of anilines is 1. The van der Waals surface area contributed by atoms with Crippen molar-refractivity contribution in [3.63, 3.8) is 0 Å². The molecule has 0 aliphatic heterocycles. The molecule has 1 amide bonds. The number of sulfonamides is 1. The van der Waals surface area contributed by atoms with Crippen molar-refractivity contribution in [2.24, 2.45) is 0 Å². The zero-order valence-electron chi connectivity index (χ0n) is 16.1. The van der Waals surface area contributed by atoms with E-state index in [9.17, 15) is 13.2 Å². The Balaban J connectivity index is 1.78. The van der Waals surface area contributed by atoms with Gasteiger partial charge in [0.15, 0.2) is 5.13 Å². The van der Waals surface area contributed by atoms with Crippen molar-refractivity contribution in [3.05, 3.63) is 77.2 Å². The van der Waals surface area contributed by atoms with E-state index >= 15 is 0 Å². The zero-order valence-corrected chi connectivity index (χ0v) is 17.7. The zero-order chi connectivity index (χ0) is 21.0. The lowest BCUT2D eigenvalue weighted by molar-refractivity contribution is 0.102. The summed E-state index contributed by atoms with van der Waals surface area (Å²) in [6.45, 7) is 7.65. The predicted molar refractivity (Wildman–Crippen MR) is 117 cm³/mol. The van der Waals surface area contributed by atoms with E-state index in [0.717, 1.165) is 16.8 Å². The first-order valence-electron chi connectivity index (χ1n) is 8.85. The highest BCUT2D eigenvalue weighted by Crippen LogP contribution is 2.28. The van der Waals surface area contributed by atoms with Crippen molar-refractivity contribution in [1.29, 1.82) is 0 Å². The van der Waals surface area contributed by atoms with Gasteiger partial charge in [-0.1, -0.05) is 35.9 Å². The highest BCUT2D eigenvalue weighted by molar-refractivity contribution is 7.89. The van der Waals surface area contributed by atoms with Gasteiger partial charge in [-0.05, 0) is 37.6 Å². The fourth-order valence-electron chi connectivity index (χ4n) is 2.78. The molecule has 3 rings (SSSR count). The molecule has 0 spiro atoms. The third kappa shape index (κ3) is 4.97. The van der Waals surface area contributed by atoms with Crippen LogP contribution in [-0.4, -0.2) is 25.9 Å². The minimum atomic E-state index is -3.71. The third-order valence-electron chi connectivity index (χ3n) is 4.21. The van der Waals surface area contributed by atoms with Crippen LogP contribution in [0.4, 0.5) is 5.13 Å². The molecule has 0 radical (unpaired) electrons. The second-order valence-electron chi connectivity index (χ2n) is 6.48. The molecule has 0 bridgehead atoms. The Morgan fingerprint density at radius 1 is 1.21 bits per heavy atom. The summed E-state index contributed by atoms with van der Waals surface area (Å²) in [6.07, 6.45) is 1.45. The Morgan fingerprint density at radius 2 is 2.00 bits per heavy atom. The largest absolute Gasteiger partial charge is 0.298 e. The molecule has 2 N–H and O–H groups in total. The first kappa shape index (κ1) is 20.9. The fraction of sp³-hybridized carbons (Fsp3) is 0.143. The topological polar surface area (TPSA) is 88.2 Å². The number of aromatic nitrogens is 1. The van der Waals surface area contributed by atoms with E-state index < -0.39 is 15.9 Å². The minimum Gasteiger partial charge on any atom is -0.298 e. The van der Waals surface area contributed by atoms with Crippen LogP contribution in [0, 0.1) is 13.8 Å². The van der Waals surface area contributed by atoms with Crippen LogP contribution in [0.25, 0.3) is 11.3 Å². The van der Waals surface area contributed by atoms with Gasteiger partial charge in [0.1, 0.15) is 0 Å². The lowest BCUT2D eigenvalue weighted by Crippen LogP contribution is -2.24. The molecule has 150 valence electrons. The molecule has 8 heteroatoms. The SMILES string of the molecule is C=CCNS(=O)(=O)c1cccc(C(=O)Nc2nc(-c3ccc(C)cc3C)cs2)c1. The highest BCUT2D eigenvalue weighted by Gasteiger charge is 2.16. The normalized spacial score (nSPS) is 11.2. The number of hydrogen-bond donors (Lipinski definition) is 2. The summed E-state index contributed by atoms with van der Waals surface area (Å²) < 4.78 is 26.9. The summed E-state index contributed by atoms with van der Waals surface area (Å²) >= 11 is 1.32. The van der Waals surface area contributed by atoms with Crippen LogP contribution in [-0.2, 0) is 10.0 Å². The molecule has 0 saturated carbocycles. The molecule has 0 fully saturated rings. The number of carbonyl (C=O) groups is 1. The summed E-state index contributed by atoms with van der Waals surface area (Å²) in [4.78, 5) is 17.1. The van der Waals surface area contributed by atoms with E-state index in [4.69, 9.17) is 0 Å². The van der Waals surface area contributed by atoms with E-state index in [-0.39, 0.29) is 17.0 Å². The number of nitrogens with zero attached hydrogens (tertiary/aromatic N) is 1. The van der Waals surface area contributed by atoms with Crippen LogP contribution in [0.15, 0.2) is 65.4 Å². The lowest BCUT2D eigenvalue weighted by atomic mass is 10.0. The standard InChI is InChI=1S/C21H21N3O3S2/c1-4-10-22-29(26,27)17-7-5-6-16(12-17)20(25)24-21-23-19(13-28-21)18-9-8-14(2)11-15(18)3/h4-9,11-13,22H,1,10H2,2-3H3,(H,23,24,25). The first-order chi connectivity index (χ1) is 13.8. The Bertz CT molecular complexity index is 1170. The second kappa shape index (κ2) is 8.69. The Labute approximate surface area is 174 Å². The minimum absolute atomic E-state index is 0.0158. The Hall–Kier alpha value is -2.81. The quantitative estimate of drug-likeness (QED) is 0.555. The van der Waals surface area contributed by atoms with Gasteiger partial charge in [0, 0.05) is 23.1 Å². The van der Waals surface area contributed by atoms with Gasteiger partial charge in [0.25, 0.3) is 5.91 Å². The van der Waals surface area contributed by atoms with E-state index in [2.05, 4.69) is 27.7 Å². The molecule has 1 aromatic heterocycles. The van der Waals surface area contributed by atoms with Crippen molar-refractivity contribution in [1.82, 2.24) is 9.71 Å².